The monoisotopic (exact) mass is 400 g/mol. The fraction of sp³-hybridized carbons (Fsp3) is 0.640. The van der Waals surface area contributed by atoms with E-state index in [1.54, 1.807) is 6.92 Å². The molecular weight excluding hydrogens is 364 g/mol. The van der Waals surface area contributed by atoms with E-state index in [0.717, 1.165) is 12.8 Å². The molecule has 29 heavy (non-hydrogen) atoms. The highest BCUT2D eigenvalue weighted by atomic mass is 16.6. The number of carboxylic acids is 1. The highest BCUT2D eigenvalue weighted by Gasteiger charge is 2.68. The second-order valence-corrected chi connectivity index (χ2v) is 9.50. The number of hydrogen-bond acceptors (Lipinski definition) is 3. The summed E-state index contributed by atoms with van der Waals surface area (Å²) in [5.74, 6) is 0.0149. The predicted molar refractivity (Wildman–Crippen MR) is 115 cm³/mol. The molecule has 3 aliphatic rings. The van der Waals surface area contributed by atoms with Gasteiger partial charge in [0.25, 0.3) is 0 Å². The van der Waals surface area contributed by atoms with Crippen LogP contribution >= 0.6 is 0 Å². The van der Waals surface area contributed by atoms with E-state index in [0.29, 0.717) is 35.3 Å². The lowest BCUT2D eigenvalue weighted by Gasteiger charge is -2.45. The van der Waals surface area contributed by atoms with Crippen molar-refractivity contribution < 1.29 is 19.7 Å². The van der Waals surface area contributed by atoms with Gasteiger partial charge >= 0.3 is 5.97 Å². The standard InChI is InChI=1S/C25H36O4/c1-7-15(3)21-19(10-8-9-16(4)22(26)17(5)24(27)28)18-12-11-14(2)13-20(18)23-25(21,6)29-23/h7-11,17-23,26H,12-13H2,1-6H3,(H,27,28)/b10-8+,15-7+,16-9+/t17-,18+,19+,20-,21+,22-,23+,25-/m1/s1. The number of aliphatic hydroxyl groups excluding tert-OH is 1. The lowest BCUT2D eigenvalue weighted by molar-refractivity contribution is -0.143. The molecule has 0 amide bonds. The molecule has 0 aromatic heterocycles. The summed E-state index contributed by atoms with van der Waals surface area (Å²) in [7, 11) is 0. The SMILES string of the molecule is C/C=C(\C)[C@H]1[C@@H](/C=C/C=C(\C)[C@@H](O)[C@@H](C)C(=O)O)[C@@H]2CC=C(C)C[C@H]2[C@@H]2O[C@@]21C. The van der Waals surface area contributed by atoms with Gasteiger partial charge in [-0.15, -0.1) is 0 Å². The highest BCUT2D eigenvalue weighted by Crippen LogP contribution is 2.63. The summed E-state index contributed by atoms with van der Waals surface area (Å²) < 4.78 is 6.35. The van der Waals surface area contributed by atoms with E-state index in [-0.39, 0.29) is 5.60 Å². The topological polar surface area (TPSA) is 70.1 Å². The van der Waals surface area contributed by atoms with E-state index >= 15 is 0 Å². The van der Waals surface area contributed by atoms with Crippen LogP contribution in [0.25, 0.3) is 0 Å². The molecule has 3 rings (SSSR count). The van der Waals surface area contributed by atoms with Crippen molar-refractivity contribution in [2.75, 3.05) is 0 Å². The van der Waals surface area contributed by atoms with E-state index in [1.165, 1.54) is 18.1 Å². The number of carboxylic acid groups (broad SMARTS) is 1. The van der Waals surface area contributed by atoms with Crippen LogP contribution in [0.5, 0.6) is 0 Å². The Morgan fingerprint density at radius 2 is 2.03 bits per heavy atom. The molecule has 2 N–H and O–H groups in total. The van der Waals surface area contributed by atoms with Gasteiger partial charge in [-0.25, -0.2) is 0 Å². The number of carbonyl (C=O) groups is 1. The van der Waals surface area contributed by atoms with Gasteiger partial charge in [0.2, 0.25) is 0 Å². The summed E-state index contributed by atoms with van der Waals surface area (Å²) in [6.07, 6.45) is 12.3. The normalized spacial score (nSPS) is 39.4. The van der Waals surface area contributed by atoms with Crippen LogP contribution in [0.1, 0.15) is 54.4 Å². The molecule has 160 valence electrons. The minimum Gasteiger partial charge on any atom is -0.481 e. The minimum atomic E-state index is -0.984. The molecule has 0 aromatic carbocycles. The molecule has 0 unspecified atom stereocenters. The molecule has 2 aliphatic carbocycles. The second-order valence-electron chi connectivity index (χ2n) is 9.50. The Bertz CT molecular complexity index is 774. The zero-order chi connectivity index (χ0) is 21.5. The van der Waals surface area contributed by atoms with E-state index in [9.17, 15) is 9.90 Å². The zero-order valence-corrected chi connectivity index (χ0v) is 18.6. The first-order chi connectivity index (χ1) is 13.6. The van der Waals surface area contributed by atoms with Gasteiger partial charge in [0, 0.05) is 5.92 Å². The van der Waals surface area contributed by atoms with E-state index in [4.69, 9.17) is 9.84 Å². The van der Waals surface area contributed by atoms with Gasteiger partial charge < -0.3 is 14.9 Å². The average Bonchev–Trinajstić information content (AvgIpc) is 3.38. The maximum absolute atomic E-state index is 11.1. The van der Waals surface area contributed by atoms with Crippen LogP contribution in [0.3, 0.4) is 0 Å². The average molecular weight is 401 g/mol. The molecule has 1 aliphatic heterocycles. The van der Waals surface area contributed by atoms with Crippen molar-refractivity contribution in [1.29, 1.82) is 0 Å². The molecule has 8 atom stereocenters. The van der Waals surface area contributed by atoms with Crippen LogP contribution < -0.4 is 0 Å². The number of ether oxygens (including phenoxy) is 1. The Labute approximate surface area is 175 Å². The van der Waals surface area contributed by atoms with Gasteiger partial charge in [-0.05, 0) is 77.7 Å². The van der Waals surface area contributed by atoms with Gasteiger partial charge in [0.1, 0.15) is 0 Å². The summed E-state index contributed by atoms with van der Waals surface area (Å²) in [6.45, 7) is 12.1. The maximum Gasteiger partial charge on any atom is 0.309 e. The molecule has 0 radical (unpaired) electrons. The first-order valence-electron chi connectivity index (χ1n) is 10.8. The molecule has 4 nitrogen and oxygen atoms in total. The van der Waals surface area contributed by atoms with Crippen LogP contribution in [0, 0.1) is 29.6 Å². The smallest absolute Gasteiger partial charge is 0.309 e. The fourth-order valence-corrected chi connectivity index (χ4v) is 5.68. The van der Waals surface area contributed by atoms with Crippen molar-refractivity contribution in [3.8, 4) is 0 Å². The Morgan fingerprint density at radius 3 is 2.66 bits per heavy atom. The Morgan fingerprint density at radius 1 is 1.34 bits per heavy atom. The van der Waals surface area contributed by atoms with E-state index in [2.05, 4.69) is 45.9 Å². The molecule has 4 heteroatoms. The third-order valence-electron chi connectivity index (χ3n) is 7.59. The zero-order valence-electron chi connectivity index (χ0n) is 18.6. The van der Waals surface area contributed by atoms with Gasteiger partial charge in [-0.2, -0.15) is 0 Å². The van der Waals surface area contributed by atoms with Crippen molar-refractivity contribution in [1.82, 2.24) is 0 Å². The maximum atomic E-state index is 11.1. The number of rotatable bonds is 6. The molecule has 0 spiro atoms. The number of aliphatic hydroxyl groups is 1. The molecular formula is C25H36O4. The highest BCUT2D eigenvalue weighted by molar-refractivity contribution is 5.70. The first kappa shape index (κ1) is 22.0. The van der Waals surface area contributed by atoms with E-state index < -0.39 is 18.0 Å². The summed E-state index contributed by atoms with van der Waals surface area (Å²) in [5.41, 5.74) is 3.42. The number of aliphatic carboxylic acids is 1. The number of epoxide rings is 1. The number of allylic oxidation sites excluding steroid dienone is 6. The Balaban J connectivity index is 1.88. The molecule has 0 aromatic rings. The van der Waals surface area contributed by atoms with Crippen LogP contribution in [0.4, 0.5) is 0 Å². The van der Waals surface area contributed by atoms with Crippen LogP contribution in [0.15, 0.2) is 47.1 Å². The third kappa shape index (κ3) is 4.02. The largest absolute Gasteiger partial charge is 0.481 e. The second kappa shape index (κ2) is 8.23. The number of fused-ring (bicyclic) bond motifs is 3. The molecule has 1 saturated carbocycles. The first-order valence-corrected chi connectivity index (χ1v) is 10.8. The third-order valence-corrected chi connectivity index (χ3v) is 7.59. The van der Waals surface area contributed by atoms with Crippen molar-refractivity contribution in [2.24, 2.45) is 29.6 Å². The summed E-state index contributed by atoms with van der Waals surface area (Å²) in [6, 6.07) is 0. The Hall–Kier alpha value is -1.65. The van der Waals surface area contributed by atoms with Crippen molar-refractivity contribution >= 4 is 5.97 Å². The van der Waals surface area contributed by atoms with Crippen LogP contribution in [-0.4, -0.2) is 34.0 Å². The van der Waals surface area contributed by atoms with Gasteiger partial charge in [-0.1, -0.05) is 41.5 Å². The lowest BCUT2D eigenvalue weighted by Crippen LogP contribution is -2.46. The van der Waals surface area contributed by atoms with Crippen molar-refractivity contribution in [3.05, 3.63) is 47.1 Å². The van der Waals surface area contributed by atoms with Crippen molar-refractivity contribution in [2.45, 2.75) is 72.2 Å². The number of hydrogen-bond donors (Lipinski definition) is 2. The van der Waals surface area contributed by atoms with E-state index in [1.807, 2.05) is 12.2 Å². The fourth-order valence-electron chi connectivity index (χ4n) is 5.68. The molecule has 0 bridgehead atoms. The summed E-state index contributed by atoms with van der Waals surface area (Å²) >= 11 is 0. The van der Waals surface area contributed by atoms with Crippen molar-refractivity contribution in [3.63, 3.8) is 0 Å². The minimum absolute atomic E-state index is 0.0967. The van der Waals surface area contributed by atoms with Crippen LogP contribution in [-0.2, 0) is 9.53 Å². The summed E-state index contributed by atoms with van der Waals surface area (Å²) in [4.78, 5) is 11.1. The van der Waals surface area contributed by atoms with Gasteiger partial charge in [-0.3, -0.25) is 4.79 Å². The van der Waals surface area contributed by atoms with Gasteiger partial charge in [0.15, 0.2) is 0 Å². The predicted octanol–water partition coefficient (Wildman–Crippen LogP) is 4.91. The summed E-state index contributed by atoms with van der Waals surface area (Å²) in [5, 5.41) is 19.4. The molecule has 1 saturated heterocycles. The molecule has 1 heterocycles. The Kier molecular flexibility index (Phi) is 6.26. The van der Waals surface area contributed by atoms with Crippen LogP contribution in [0.2, 0.25) is 0 Å². The molecule has 2 fully saturated rings. The van der Waals surface area contributed by atoms with Gasteiger partial charge in [0.05, 0.1) is 23.7 Å². The lowest BCUT2D eigenvalue weighted by atomic mass is 9.57. The quantitative estimate of drug-likeness (QED) is 0.377.